The molecule has 2 aromatic rings. The molecule has 1 aromatic heterocycles. The summed E-state index contributed by atoms with van der Waals surface area (Å²) in [7, 11) is 0. The number of carbonyl (C=O) groups excluding carboxylic acids is 2. The van der Waals surface area contributed by atoms with E-state index in [1.165, 1.54) is 6.20 Å². The van der Waals surface area contributed by atoms with Gasteiger partial charge in [0.25, 0.3) is 0 Å². The molecule has 1 fully saturated rings. The number of nitrogens with zero attached hydrogens (tertiary/aromatic N) is 2. The van der Waals surface area contributed by atoms with E-state index in [0.29, 0.717) is 17.3 Å². The number of halogens is 1. The fourth-order valence-corrected chi connectivity index (χ4v) is 2.77. The molecule has 1 atom stereocenters. The maximum Gasteiger partial charge on any atom is 0.247 e. The molecular formula is C18H19ClN4O2. The van der Waals surface area contributed by atoms with Gasteiger partial charge in [0.1, 0.15) is 11.9 Å². The second-order valence-corrected chi connectivity index (χ2v) is 6.35. The van der Waals surface area contributed by atoms with E-state index in [0.717, 1.165) is 24.3 Å². The molecule has 1 aliphatic rings. The van der Waals surface area contributed by atoms with Gasteiger partial charge in [0, 0.05) is 30.5 Å². The van der Waals surface area contributed by atoms with Crippen LogP contribution in [0.1, 0.15) is 19.8 Å². The van der Waals surface area contributed by atoms with Crippen molar-refractivity contribution >= 4 is 40.6 Å². The number of aromatic nitrogens is 1. The number of amides is 2. The lowest BCUT2D eigenvalue weighted by Gasteiger charge is -2.18. The fraction of sp³-hybridized carbons (Fsp3) is 0.278. The van der Waals surface area contributed by atoms with Gasteiger partial charge in [0.05, 0.1) is 5.02 Å². The van der Waals surface area contributed by atoms with Crippen molar-refractivity contribution in [3.8, 4) is 0 Å². The lowest BCUT2D eigenvalue weighted by molar-refractivity contribution is -0.117. The predicted molar refractivity (Wildman–Crippen MR) is 99.0 cm³/mol. The van der Waals surface area contributed by atoms with Crippen molar-refractivity contribution in [3.63, 3.8) is 0 Å². The summed E-state index contributed by atoms with van der Waals surface area (Å²) in [6, 6.07) is 10.4. The normalized spacial score (nSPS) is 15.1. The summed E-state index contributed by atoms with van der Waals surface area (Å²) in [5, 5.41) is 6.37. The van der Waals surface area contributed by atoms with Gasteiger partial charge in [-0.25, -0.2) is 4.98 Å². The molecule has 1 unspecified atom stereocenters. The van der Waals surface area contributed by atoms with Crippen LogP contribution < -0.4 is 15.5 Å². The third-order valence-electron chi connectivity index (χ3n) is 4.01. The van der Waals surface area contributed by atoms with Crippen LogP contribution in [0.4, 0.5) is 17.2 Å². The zero-order valence-corrected chi connectivity index (χ0v) is 14.6. The molecule has 3 rings (SSSR count). The molecule has 7 heteroatoms. The Kier molecular flexibility index (Phi) is 5.19. The van der Waals surface area contributed by atoms with Gasteiger partial charge in [0.2, 0.25) is 11.8 Å². The van der Waals surface area contributed by atoms with Crippen LogP contribution in [0.25, 0.3) is 0 Å². The summed E-state index contributed by atoms with van der Waals surface area (Å²) < 4.78 is 0. The van der Waals surface area contributed by atoms with E-state index in [4.69, 9.17) is 11.6 Å². The molecule has 1 aliphatic heterocycles. The summed E-state index contributed by atoms with van der Waals surface area (Å²) in [5.41, 5.74) is 1.69. The van der Waals surface area contributed by atoms with Crippen molar-refractivity contribution in [1.29, 1.82) is 0 Å². The Hall–Kier alpha value is -2.60. The van der Waals surface area contributed by atoms with Crippen LogP contribution in [-0.4, -0.2) is 29.4 Å². The van der Waals surface area contributed by atoms with Gasteiger partial charge in [-0.2, -0.15) is 0 Å². The quantitative estimate of drug-likeness (QED) is 0.860. The average molecular weight is 359 g/mol. The third kappa shape index (κ3) is 4.28. The molecular weight excluding hydrogens is 340 g/mol. The largest absolute Gasteiger partial charge is 0.374 e. The molecule has 25 heavy (non-hydrogen) atoms. The maximum absolute atomic E-state index is 12.2. The van der Waals surface area contributed by atoms with Gasteiger partial charge in [-0.05, 0) is 49.7 Å². The van der Waals surface area contributed by atoms with Crippen molar-refractivity contribution in [1.82, 2.24) is 4.98 Å². The predicted octanol–water partition coefficient (Wildman–Crippen LogP) is 3.30. The number of nitrogens with one attached hydrogen (secondary N) is 2. The van der Waals surface area contributed by atoms with Crippen LogP contribution in [0.15, 0.2) is 42.6 Å². The fourth-order valence-electron chi connectivity index (χ4n) is 2.66. The first-order valence-corrected chi connectivity index (χ1v) is 8.50. The summed E-state index contributed by atoms with van der Waals surface area (Å²) in [5.74, 6) is 0.406. The van der Waals surface area contributed by atoms with Gasteiger partial charge >= 0.3 is 0 Å². The average Bonchev–Trinajstić information content (AvgIpc) is 3.03. The van der Waals surface area contributed by atoms with Crippen molar-refractivity contribution in [2.45, 2.75) is 25.8 Å². The van der Waals surface area contributed by atoms with Crippen LogP contribution in [0.3, 0.4) is 0 Å². The first-order chi connectivity index (χ1) is 12.0. The first kappa shape index (κ1) is 17.2. The summed E-state index contributed by atoms with van der Waals surface area (Å²) >= 11 is 5.77. The second-order valence-electron chi connectivity index (χ2n) is 5.91. The molecule has 1 saturated heterocycles. The van der Waals surface area contributed by atoms with E-state index in [1.807, 2.05) is 24.3 Å². The number of pyridine rings is 1. The molecule has 1 aromatic carbocycles. The highest BCUT2D eigenvalue weighted by Crippen LogP contribution is 2.23. The lowest BCUT2D eigenvalue weighted by atomic mass is 10.2. The number of hydrogen-bond donors (Lipinski definition) is 2. The van der Waals surface area contributed by atoms with Crippen LogP contribution >= 0.6 is 11.6 Å². The van der Waals surface area contributed by atoms with E-state index >= 15 is 0 Å². The summed E-state index contributed by atoms with van der Waals surface area (Å²) in [6.45, 7) is 2.53. The SMILES string of the molecule is CC(Nc1ccc(N2CCCC2=O)cc1)C(=O)Nc1ccc(Cl)cn1. The number of hydrogen-bond acceptors (Lipinski definition) is 4. The summed E-state index contributed by atoms with van der Waals surface area (Å²) in [4.78, 5) is 29.8. The minimum atomic E-state index is -0.447. The maximum atomic E-state index is 12.2. The molecule has 0 radical (unpaired) electrons. The van der Waals surface area contributed by atoms with Crippen molar-refractivity contribution in [2.75, 3.05) is 22.1 Å². The molecule has 0 saturated carbocycles. The van der Waals surface area contributed by atoms with Crippen LogP contribution in [0, 0.1) is 0 Å². The standard InChI is InChI=1S/C18H19ClN4O2/c1-12(18(25)22-16-9-4-13(19)11-20-16)21-14-5-7-15(8-6-14)23-10-2-3-17(23)24/h4-9,11-12,21H,2-3,10H2,1H3,(H,20,22,25). The molecule has 0 aliphatic carbocycles. The zero-order chi connectivity index (χ0) is 17.8. The molecule has 2 N–H and O–H groups in total. The lowest BCUT2D eigenvalue weighted by Crippen LogP contribution is -2.32. The van der Waals surface area contributed by atoms with Crippen molar-refractivity contribution < 1.29 is 9.59 Å². The molecule has 2 heterocycles. The van der Waals surface area contributed by atoms with Gasteiger partial charge < -0.3 is 15.5 Å². The van der Waals surface area contributed by atoms with Crippen LogP contribution in [0.5, 0.6) is 0 Å². The second kappa shape index (κ2) is 7.53. The Labute approximate surface area is 151 Å². The zero-order valence-electron chi connectivity index (χ0n) is 13.8. The molecule has 0 bridgehead atoms. The first-order valence-electron chi connectivity index (χ1n) is 8.12. The van der Waals surface area contributed by atoms with E-state index in [2.05, 4.69) is 15.6 Å². The highest BCUT2D eigenvalue weighted by atomic mass is 35.5. The highest BCUT2D eigenvalue weighted by Gasteiger charge is 2.21. The molecule has 0 spiro atoms. The number of rotatable bonds is 5. The van der Waals surface area contributed by atoms with Crippen molar-refractivity contribution in [3.05, 3.63) is 47.6 Å². The Morgan fingerprint density at radius 1 is 1.24 bits per heavy atom. The Bertz CT molecular complexity index is 762. The van der Waals surface area contributed by atoms with E-state index in [1.54, 1.807) is 24.0 Å². The third-order valence-corrected chi connectivity index (χ3v) is 4.23. The van der Waals surface area contributed by atoms with E-state index < -0.39 is 6.04 Å². The monoisotopic (exact) mass is 358 g/mol. The van der Waals surface area contributed by atoms with Gasteiger partial charge in [-0.1, -0.05) is 11.6 Å². The number of benzene rings is 1. The topological polar surface area (TPSA) is 74.3 Å². The van der Waals surface area contributed by atoms with E-state index in [9.17, 15) is 9.59 Å². The smallest absolute Gasteiger partial charge is 0.247 e. The minimum Gasteiger partial charge on any atom is -0.374 e. The van der Waals surface area contributed by atoms with Gasteiger partial charge in [-0.3, -0.25) is 9.59 Å². The Morgan fingerprint density at radius 2 is 2.00 bits per heavy atom. The van der Waals surface area contributed by atoms with Crippen LogP contribution in [-0.2, 0) is 9.59 Å². The van der Waals surface area contributed by atoms with Gasteiger partial charge in [0.15, 0.2) is 0 Å². The number of carbonyl (C=O) groups is 2. The Morgan fingerprint density at radius 3 is 2.60 bits per heavy atom. The van der Waals surface area contributed by atoms with Gasteiger partial charge in [-0.15, -0.1) is 0 Å². The molecule has 2 amide bonds. The minimum absolute atomic E-state index is 0.156. The number of anilines is 3. The molecule has 6 nitrogen and oxygen atoms in total. The highest BCUT2D eigenvalue weighted by molar-refractivity contribution is 6.30. The molecule has 130 valence electrons. The van der Waals surface area contributed by atoms with Crippen molar-refractivity contribution in [2.24, 2.45) is 0 Å². The van der Waals surface area contributed by atoms with E-state index in [-0.39, 0.29) is 11.8 Å². The summed E-state index contributed by atoms with van der Waals surface area (Å²) in [6.07, 6.45) is 2.98. The van der Waals surface area contributed by atoms with Crippen LogP contribution in [0.2, 0.25) is 5.02 Å². The Balaban J connectivity index is 1.58.